The first-order valence-corrected chi connectivity index (χ1v) is 6.47. The minimum atomic E-state index is -4.36. The molecule has 0 aliphatic heterocycles. The van der Waals surface area contributed by atoms with Crippen LogP contribution in [0.25, 0.3) is 5.69 Å². The fraction of sp³-hybridized carbons (Fsp3) is 0.357. The molecule has 1 fully saturated rings. The van der Waals surface area contributed by atoms with E-state index in [1.807, 2.05) is 0 Å². The number of hydrogen-bond acceptors (Lipinski definition) is 2. The van der Waals surface area contributed by atoms with Crippen LogP contribution in [0.3, 0.4) is 0 Å². The molecule has 2 aromatic rings. The first-order valence-electron chi connectivity index (χ1n) is 6.47. The molecule has 3 nitrogen and oxygen atoms in total. The van der Waals surface area contributed by atoms with E-state index in [1.165, 1.54) is 16.9 Å². The molecule has 0 unspecified atom stereocenters. The van der Waals surface area contributed by atoms with Gasteiger partial charge in [0.1, 0.15) is 0 Å². The van der Waals surface area contributed by atoms with Crippen molar-refractivity contribution in [2.75, 3.05) is 0 Å². The predicted molar refractivity (Wildman–Crippen MR) is 68.4 cm³/mol. The minimum absolute atomic E-state index is 0.249. The van der Waals surface area contributed by atoms with E-state index in [-0.39, 0.29) is 12.1 Å². The predicted octanol–water partition coefficient (Wildman–Crippen LogP) is 3.14. The number of rotatable bonds is 4. The summed E-state index contributed by atoms with van der Waals surface area (Å²) in [6.07, 6.45) is 0.899. The van der Waals surface area contributed by atoms with Crippen LogP contribution in [0.2, 0.25) is 0 Å². The zero-order valence-corrected chi connectivity index (χ0v) is 10.7. The van der Waals surface area contributed by atoms with Crippen LogP contribution < -0.4 is 5.32 Å². The molecule has 0 bridgehead atoms. The standard InChI is InChI=1S/C14H14F3N3/c15-14(16,17)13-8-12(20-7-1-6-19-20)5-2-10(13)9-18-11-3-4-11/h1-2,5-8,11,18H,3-4,9H2. The smallest absolute Gasteiger partial charge is 0.310 e. The number of benzene rings is 1. The van der Waals surface area contributed by atoms with Crippen LogP contribution in [0.4, 0.5) is 13.2 Å². The van der Waals surface area contributed by atoms with Gasteiger partial charge in [0, 0.05) is 25.0 Å². The molecule has 1 aromatic heterocycles. The van der Waals surface area contributed by atoms with E-state index in [0.717, 1.165) is 18.9 Å². The van der Waals surface area contributed by atoms with Gasteiger partial charge in [-0.1, -0.05) is 6.07 Å². The minimum Gasteiger partial charge on any atom is -0.310 e. The molecule has 0 spiro atoms. The molecule has 1 aromatic carbocycles. The van der Waals surface area contributed by atoms with Crippen LogP contribution in [-0.4, -0.2) is 15.8 Å². The van der Waals surface area contributed by atoms with E-state index < -0.39 is 11.7 Å². The van der Waals surface area contributed by atoms with Crippen LogP contribution in [0.1, 0.15) is 24.0 Å². The van der Waals surface area contributed by atoms with Gasteiger partial charge in [0.15, 0.2) is 0 Å². The maximum Gasteiger partial charge on any atom is 0.416 e. The second-order valence-corrected chi connectivity index (χ2v) is 4.95. The van der Waals surface area contributed by atoms with Crippen molar-refractivity contribution in [1.29, 1.82) is 0 Å². The molecule has 1 heterocycles. The zero-order valence-electron chi connectivity index (χ0n) is 10.7. The molecular weight excluding hydrogens is 267 g/mol. The summed E-state index contributed by atoms with van der Waals surface area (Å²) in [5.74, 6) is 0. The lowest BCUT2D eigenvalue weighted by Crippen LogP contribution is -2.19. The third-order valence-corrected chi connectivity index (χ3v) is 3.33. The Kier molecular flexibility index (Phi) is 3.25. The Morgan fingerprint density at radius 2 is 2.10 bits per heavy atom. The van der Waals surface area contributed by atoms with Gasteiger partial charge in [-0.2, -0.15) is 18.3 Å². The molecule has 106 valence electrons. The number of halogens is 3. The second kappa shape index (κ2) is 4.94. The van der Waals surface area contributed by atoms with Gasteiger partial charge < -0.3 is 5.32 Å². The van der Waals surface area contributed by atoms with Gasteiger partial charge in [0.05, 0.1) is 11.3 Å². The van der Waals surface area contributed by atoms with Crippen molar-refractivity contribution >= 4 is 0 Å². The van der Waals surface area contributed by atoms with Gasteiger partial charge in [-0.05, 0) is 36.6 Å². The molecule has 1 aliphatic carbocycles. The Balaban J connectivity index is 1.92. The average molecular weight is 281 g/mol. The fourth-order valence-corrected chi connectivity index (χ4v) is 2.09. The van der Waals surface area contributed by atoms with E-state index in [2.05, 4.69) is 10.4 Å². The van der Waals surface area contributed by atoms with Crippen molar-refractivity contribution in [3.8, 4) is 5.69 Å². The average Bonchev–Trinajstić information content (AvgIpc) is 3.07. The van der Waals surface area contributed by atoms with E-state index in [0.29, 0.717) is 11.7 Å². The quantitative estimate of drug-likeness (QED) is 0.933. The van der Waals surface area contributed by atoms with Crippen LogP contribution in [0.5, 0.6) is 0 Å². The number of alkyl halides is 3. The maximum absolute atomic E-state index is 13.2. The molecule has 1 saturated carbocycles. The number of nitrogens with zero attached hydrogens (tertiary/aromatic N) is 2. The number of hydrogen-bond donors (Lipinski definition) is 1. The summed E-state index contributed by atoms with van der Waals surface area (Å²) in [5.41, 5.74) is 0.0939. The van der Waals surface area contributed by atoms with Gasteiger partial charge >= 0.3 is 6.18 Å². The number of aromatic nitrogens is 2. The van der Waals surface area contributed by atoms with Crippen molar-refractivity contribution in [2.24, 2.45) is 0 Å². The summed E-state index contributed by atoms with van der Waals surface area (Å²) in [6.45, 7) is 0.249. The van der Waals surface area contributed by atoms with Crippen LogP contribution in [0.15, 0.2) is 36.7 Å². The largest absolute Gasteiger partial charge is 0.416 e. The molecular formula is C14H14F3N3. The van der Waals surface area contributed by atoms with Crippen molar-refractivity contribution in [1.82, 2.24) is 15.1 Å². The Labute approximate surface area is 114 Å². The highest BCUT2D eigenvalue weighted by molar-refractivity contribution is 5.41. The molecule has 0 atom stereocenters. The molecule has 0 saturated heterocycles. The Bertz CT molecular complexity index is 586. The van der Waals surface area contributed by atoms with Gasteiger partial charge in [0.2, 0.25) is 0 Å². The molecule has 0 radical (unpaired) electrons. The summed E-state index contributed by atoms with van der Waals surface area (Å²) in [4.78, 5) is 0. The normalized spacial score (nSPS) is 15.6. The molecule has 0 amide bonds. The molecule has 1 aliphatic rings. The third-order valence-electron chi connectivity index (χ3n) is 3.33. The highest BCUT2D eigenvalue weighted by Gasteiger charge is 2.34. The summed E-state index contributed by atoms with van der Waals surface area (Å²) in [7, 11) is 0. The lowest BCUT2D eigenvalue weighted by molar-refractivity contribution is -0.138. The van der Waals surface area contributed by atoms with E-state index in [4.69, 9.17) is 0 Å². The van der Waals surface area contributed by atoms with Gasteiger partial charge in [0.25, 0.3) is 0 Å². The zero-order chi connectivity index (χ0) is 14.2. The van der Waals surface area contributed by atoms with Gasteiger partial charge in [-0.15, -0.1) is 0 Å². The Morgan fingerprint density at radius 3 is 2.70 bits per heavy atom. The molecule has 6 heteroatoms. The van der Waals surface area contributed by atoms with Crippen molar-refractivity contribution < 1.29 is 13.2 Å². The lowest BCUT2D eigenvalue weighted by Gasteiger charge is -2.15. The third kappa shape index (κ3) is 2.85. The maximum atomic E-state index is 13.2. The van der Waals surface area contributed by atoms with E-state index >= 15 is 0 Å². The Morgan fingerprint density at radius 1 is 1.30 bits per heavy atom. The van der Waals surface area contributed by atoms with Crippen molar-refractivity contribution in [2.45, 2.75) is 31.6 Å². The van der Waals surface area contributed by atoms with Crippen LogP contribution in [0, 0.1) is 0 Å². The SMILES string of the molecule is FC(F)(F)c1cc(-n2cccn2)ccc1CNC1CC1. The highest BCUT2D eigenvalue weighted by atomic mass is 19.4. The van der Waals surface area contributed by atoms with Crippen LogP contribution >= 0.6 is 0 Å². The van der Waals surface area contributed by atoms with E-state index in [1.54, 1.807) is 18.3 Å². The summed E-state index contributed by atoms with van der Waals surface area (Å²) < 4.78 is 40.9. The van der Waals surface area contributed by atoms with Crippen molar-refractivity contribution in [3.05, 3.63) is 47.8 Å². The molecule has 20 heavy (non-hydrogen) atoms. The van der Waals surface area contributed by atoms with E-state index in [9.17, 15) is 13.2 Å². The summed E-state index contributed by atoms with van der Waals surface area (Å²) in [6, 6.07) is 6.38. The fourth-order valence-electron chi connectivity index (χ4n) is 2.09. The van der Waals surface area contributed by atoms with Crippen molar-refractivity contribution in [3.63, 3.8) is 0 Å². The van der Waals surface area contributed by atoms with Gasteiger partial charge in [-0.3, -0.25) is 0 Å². The number of nitrogens with one attached hydrogen (secondary N) is 1. The topological polar surface area (TPSA) is 29.9 Å². The summed E-state index contributed by atoms with van der Waals surface area (Å²) in [5, 5.41) is 7.07. The monoisotopic (exact) mass is 281 g/mol. The Hall–Kier alpha value is -1.82. The van der Waals surface area contributed by atoms with Crippen LogP contribution in [-0.2, 0) is 12.7 Å². The molecule has 3 rings (SSSR count). The second-order valence-electron chi connectivity index (χ2n) is 4.95. The summed E-state index contributed by atoms with van der Waals surface area (Å²) >= 11 is 0. The van der Waals surface area contributed by atoms with Gasteiger partial charge in [-0.25, -0.2) is 4.68 Å². The highest BCUT2D eigenvalue weighted by Crippen LogP contribution is 2.33. The first kappa shape index (κ1) is 13.2. The molecule has 1 N–H and O–H groups in total. The first-order chi connectivity index (χ1) is 9.54. The lowest BCUT2D eigenvalue weighted by atomic mass is 10.1.